The molecule has 3 rings (SSSR count). The first kappa shape index (κ1) is 13.4. The predicted molar refractivity (Wildman–Crippen MR) is 79.1 cm³/mol. The highest BCUT2D eigenvalue weighted by molar-refractivity contribution is 5.99. The topological polar surface area (TPSA) is 57.3 Å². The molecule has 1 aromatic carbocycles. The highest BCUT2D eigenvalue weighted by Gasteiger charge is 2.21. The lowest BCUT2D eigenvalue weighted by Gasteiger charge is -2.19. The van der Waals surface area contributed by atoms with Gasteiger partial charge in [-0.05, 0) is 26.8 Å². The predicted octanol–water partition coefficient (Wildman–Crippen LogP) is 4.08. The number of para-hydroxylation sites is 1. The summed E-state index contributed by atoms with van der Waals surface area (Å²) in [5.41, 5.74) is 1.04. The summed E-state index contributed by atoms with van der Waals surface area (Å²) in [4.78, 5) is 16.3. The fourth-order valence-electron chi connectivity index (χ4n) is 2.19. The molecule has 2 heterocycles. The van der Waals surface area contributed by atoms with Crippen LogP contribution in [0.4, 0.5) is 4.79 Å². The summed E-state index contributed by atoms with van der Waals surface area (Å²) >= 11 is 0. The van der Waals surface area contributed by atoms with Crippen LogP contribution in [0.25, 0.3) is 22.2 Å². The molecule has 0 fully saturated rings. The third kappa shape index (κ3) is 2.54. The number of aromatic nitrogens is 2. The minimum Gasteiger partial charge on any atom is -0.443 e. The van der Waals surface area contributed by atoms with Crippen molar-refractivity contribution in [2.75, 3.05) is 0 Å². The lowest BCUT2D eigenvalue weighted by molar-refractivity contribution is 0.0544. The van der Waals surface area contributed by atoms with Crippen molar-refractivity contribution in [3.63, 3.8) is 0 Å². The number of nitrogens with zero attached hydrogens (tertiary/aromatic N) is 2. The Morgan fingerprint density at radius 2 is 2.05 bits per heavy atom. The van der Waals surface area contributed by atoms with Gasteiger partial charge in [0.2, 0.25) is 0 Å². The van der Waals surface area contributed by atoms with Crippen molar-refractivity contribution < 1.29 is 13.9 Å². The van der Waals surface area contributed by atoms with E-state index in [9.17, 15) is 4.79 Å². The Labute approximate surface area is 122 Å². The SMILES string of the molecule is CC(C)(C)OC(=O)n1cc(-c2cnco2)c2ccccc21. The average molecular weight is 284 g/mol. The van der Waals surface area contributed by atoms with Gasteiger partial charge in [0.05, 0.1) is 11.7 Å². The van der Waals surface area contributed by atoms with Crippen LogP contribution >= 0.6 is 0 Å². The number of rotatable bonds is 1. The molecule has 0 aliphatic rings. The zero-order valence-corrected chi connectivity index (χ0v) is 12.2. The molecule has 0 aliphatic heterocycles. The molecule has 5 heteroatoms. The van der Waals surface area contributed by atoms with E-state index in [-0.39, 0.29) is 0 Å². The molecule has 0 unspecified atom stereocenters. The first-order valence-corrected chi connectivity index (χ1v) is 6.68. The van der Waals surface area contributed by atoms with Crippen LogP contribution in [-0.2, 0) is 4.74 Å². The molecule has 0 spiro atoms. The molecular formula is C16H16N2O3. The van der Waals surface area contributed by atoms with E-state index in [0.29, 0.717) is 5.76 Å². The highest BCUT2D eigenvalue weighted by atomic mass is 16.6. The zero-order chi connectivity index (χ0) is 15.0. The molecule has 0 aliphatic carbocycles. The molecule has 0 N–H and O–H groups in total. The molecule has 0 saturated heterocycles. The fraction of sp³-hybridized carbons (Fsp3) is 0.250. The first-order valence-electron chi connectivity index (χ1n) is 6.68. The first-order chi connectivity index (χ1) is 9.96. The quantitative estimate of drug-likeness (QED) is 0.675. The zero-order valence-electron chi connectivity index (χ0n) is 12.2. The molecule has 3 aromatic rings. The Kier molecular flexibility index (Phi) is 3.05. The van der Waals surface area contributed by atoms with E-state index in [4.69, 9.17) is 9.15 Å². The number of ether oxygens (including phenoxy) is 1. The smallest absolute Gasteiger partial charge is 0.419 e. The molecule has 0 atom stereocenters. The van der Waals surface area contributed by atoms with Crippen molar-refractivity contribution in [2.45, 2.75) is 26.4 Å². The summed E-state index contributed by atoms with van der Waals surface area (Å²) in [5.74, 6) is 0.619. The second-order valence-electron chi connectivity index (χ2n) is 5.78. The van der Waals surface area contributed by atoms with Crippen molar-refractivity contribution in [3.05, 3.63) is 43.1 Å². The number of oxazole rings is 1. The monoisotopic (exact) mass is 284 g/mol. The third-order valence-corrected chi connectivity index (χ3v) is 3.00. The van der Waals surface area contributed by atoms with Gasteiger partial charge in [-0.2, -0.15) is 0 Å². The summed E-state index contributed by atoms with van der Waals surface area (Å²) in [6.45, 7) is 5.52. The van der Waals surface area contributed by atoms with Gasteiger partial charge < -0.3 is 9.15 Å². The summed E-state index contributed by atoms with van der Waals surface area (Å²) < 4.78 is 12.3. The Balaban J connectivity index is 2.14. The number of benzene rings is 1. The Morgan fingerprint density at radius 1 is 1.29 bits per heavy atom. The van der Waals surface area contributed by atoms with E-state index >= 15 is 0 Å². The third-order valence-electron chi connectivity index (χ3n) is 3.00. The molecular weight excluding hydrogens is 268 g/mol. The molecule has 21 heavy (non-hydrogen) atoms. The summed E-state index contributed by atoms with van der Waals surface area (Å²) in [6.07, 6.45) is 4.31. The van der Waals surface area contributed by atoms with Gasteiger partial charge in [-0.3, -0.25) is 4.57 Å². The lowest BCUT2D eigenvalue weighted by Crippen LogP contribution is -2.26. The van der Waals surface area contributed by atoms with E-state index in [1.54, 1.807) is 12.4 Å². The number of carbonyl (C=O) groups is 1. The van der Waals surface area contributed by atoms with Crippen LogP contribution in [0, 0.1) is 0 Å². The second-order valence-corrected chi connectivity index (χ2v) is 5.78. The minimum atomic E-state index is -0.547. The molecule has 0 bridgehead atoms. The Hall–Kier alpha value is -2.56. The van der Waals surface area contributed by atoms with Crippen LogP contribution in [0.1, 0.15) is 20.8 Å². The van der Waals surface area contributed by atoms with E-state index < -0.39 is 11.7 Å². The second kappa shape index (κ2) is 4.77. The van der Waals surface area contributed by atoms with Crippen LogP contribution in [0.2, 0.25) is 0 Å². The van der Waals surface area contributed by atoms with E-state index in [2.05, 4.69) is 4.98 Å². The van der Waals surface area contributed by atoms with Crippen LogP contribution in [-0.4, -0.2) is 21.2 Å². The van der Waals surface area contributed by atoms with Crippen molar-refractivity contribution >= 4 is 17.0 Å². The van der Waals surface area contributed by atoms with E-state index in [1.807, 2.05) is 45.0 Å². The molecule has 0 radical (unpaired) electrons. The standard InChI is InChI=1S/C16H16N2O3/c1-16(2,3)21-15(19)18-9-12(14-8-17-10-20-14)11-6-4-5-7-13(11)18/h4-10H,1-3H3. The highest BCUT2D eigenvalue weighted by Crippen LogP contribution is 2.30. The maximum absolute atomic E-state index is 12.4. The normalized spacial score (nSPS) is 11.8. The van der Waals surface area contributed by atoms with Crippen LogP contribution < -0.4 is 0 Å². The minimum absolute atomic E-state index is 0.413. The summed E-state index contributed by atoms with van der Waals surface area (Å²) in [5, 5.41) is 0.917. The lowest BCUT2D eigenvalue weighted by atomic mass is 10.1. The molecule has 2 aromatic heterocycles. The van der Waals surface area contributed by atoms with Gasteiger partial charge in [-0.25, -0.2) is 9.78 Å². The maximum atomic E-state index is 12.4. The van der Waals surface area contributed by atoms with E-state index in [1.165, 1.54) is 11.0 Å². The van der Waals surface area contributed by atoms with Crippen molar-refractivity contribution in [1.29, 1.82) is 0 Å². The van der Waals surface area contributed by atoms with Gasteiger partial charge in [-0.1, -0.05) is 18.2 Å². The van der Waals surface area contributed by atoms with Gasteiger partial charge in [0, 0.05) is 17.1 Å². The number of fused-ring (bicyclic) bond motifs is 1. The van der Waals surface area contributed by atoms with Gasteiger partial charge in [-0.15, -0.1) is 0 Å². The Bertz CT molecular complexity index is 780. The van der Waals surface area contributed by atoms with Gasteiger partial charge >= 0.3 is 6.09 Å². The molecule has 0 amide bonds. The molecule has 5 nitrogen and oxygen atoms in total. The Morgan fingerprint density at radius 3 is 2.71 bits per heavy atom. The van der Waals surface area contributed by atoms with Crippen molar-refractivity contribution in [3.8, 4) is 11.3 Å². The largest absolute Gasteiger partial charge is 0.443 e. The summed E-state index contributed by atoms with van der Waals surface area (Å²) in [6, 6.07) is 7.61. The fourth-order valence-corrected chi connectivity index (χ4v) is 2.19. The number of hydrogen-bond acceptors (Lipinski definition) is 4. The number of hydrogen-bond donors (Lipinski definition) is 0. The maximum Gasteiger partial charge on any atom is 0.419 e. The average Bonchev–Trinajstić information content (AvgIpc) is 3.03. The summed E-state index contributed by atoms with van der Waals surface area (Å²) in [7, 11) is 0. The number of carbonyl (C=O) groups excluding carboxylic acids is 1. The van der Waals surface area contributed by atoms with Crippen LogP contribution in [0.5, 0.6) is 0 Å². The van der Waals surface area contributed by atoms with Crippen molar-refractivity contribution in [1.82, 2.24) is 9.55 Å². The van der Waals surface area contributed by atoms with Gasteiger partial charge in [0.15, 0.2) is 12.2 Å². The van der Waals surface area contributed by atoms with Crippen molar-refractivity contribution in [2.24, 2.45) is 0 Å². The molecule has 108 valence electrons. The van der Waals surface area contributed by atoms with E-state index in [0.717, 1.165) is 16.5 Å². The molecule has 0 saturated carbocycles. The van der Waals surface area contributed by atoms with Gasteiger partial charge in [0.1, 0.15) is 5.60 Å². The van der Waals surface area contributed by atoms with Crippen LogP contribution in [0.3, 0.4) is 0 Å². The van der Waals surface area contributed by atoms with Gasteiger partial charge in [0.25, 0.3) is 0 Å². The van der Waals surface area contributed by atoms with Crippen LogP contribution in [0.15, 0.2) is 47.5 Å².